The van der Waals surface area contributed by atoms with Crippen molar-refractivity contribution in [3.05, 3.63) is 78.4 Å². The van der Waals surface area contributed by atoms with Crippen molar-refractivity contribution >= 4 is 39.0 Å². The van der Waals surface area contributed by atoms with Crippen LogP contribution in [0.5, 0.6) is 0 Å². The standard InChI is InChI=1S/C32H36N2O/c1-7-13-21-16-17-22-23-18-19-24-28(29(23)35-27(22)20-21)34-26-15-12-11-14-25(26)33(6)30(34)32(9-3,10-4)31(24,5)8-2/h9,11-12,14-20,30H,3,7-8,10,13H2,1-2,4-6H3. The van der Waals surface area contributed by atoms with Crippen LogP contribution in [0, 0.1) is 5.41 Å². The first-order chi connectivity index (χ1) is 17.0. The Morgan fingerprint density at radius 3 is 2.40 bits per heavy atom. The lowest BCUT2D eigenvalue weighted by Gasteiger charge is -2.58. The van der Waals surface area contributed by atoms with E-state index in [0.717, 1.165) is 36.8 Å². The molecule has 2 aliphatic rings. The Balaban J connectivity index is 1.74. The molecule has 0 saturated heterocycles. The van der Waals surface area contributed by atoms with Gasteiger partial charge in [-0.05, 0) is 48.6 Å². The number of rotatable bonds is 5. The molecule has 3 aromatic carbocycles. The third-order valence-electron chi connectivity index (χ3n) is 9.33. The van der Waals surface area contributed by atoms with Gasteiger partial charge in [-0.1, -0.05) is 76.6 Å². The van der Waals surface area contributed by atoms with Gasteiger partial charge in [0.05, 0.1) is 17.1 Å². The van der Waals surface area contributed by atoms with Gasteiger partial charge in [0.2, 0.25) is 0 Å². The van der Waals surface area contributed by atoms with Gasteiger partial charge in [0.1, 0.15) is 11.7 Å². The number of hydrogen-bond donors (Lipinski definition) is 0. The summed E-state index contributed by atoms with van der Waals surface area (Å²) in [5.74, 6) is 0. The van der Waals surface area contributed by atoms with E-state index in [-0.39, 0.29) is 17.0 Å². The summed E-state index contributed by atoms with van der Waals surface area (Å²) in [5.41, 5.74) is 8.23. The summed E-state index contributed by atoms with van der Waals surface area (Å²) in [5, 5.41) is 2.41. The van der Waals surface area contributed by atoms with Gasteiger partial charge in [0.15, 0.2) is 5.58 Å². The molecule has 180 valence electrons. The summed E-state index contributed by atoms with van der Waals surface area (Å²) in [6.07, 6.45) is 6.63. The second-order valence-corrected chi connectivity index (χ2v) is 10.6. The highest BCUT2D eigenvalue weighted by Crippen LogP contribution is 2.64. The van der Waals surface area contributed by atoms with Gasteiger partial charge in [-0.2, -0.15) is 0 Å². The number of anilines is 3. The predicted molar refractivity (Wildman–Crippen MR) is 149 cm³/mol. The molecule has 35 heavy (non-hydrogen) atoms. The van der Waals surface area contributed by atoms with Crippen LogP contribution in [0.4, 0.5) is 17.1 Å². The van der Waals surface area contributed by atoms with Crippen LogP contribution in [-0.4, -0.2) is 13.2 Å². The van der Waals surface area contributed by atoms with Crippen LogP contribution in [0.15, 0.2) is 71.7 Å². The summed E-state index contributed by atoms with van der Waals surface area (Å²) < 4.78 is 6.78. The molecule has 0 radical (unpaired) electrons. The summed E-state index contributed by atoms with van der Waals surface area (Å²) in [4.78, 5) is 5.03. The summed E-state index contributed by atoms with van der Waals surface area (Å²) in [7, 11) is 2.24. The van der Waals surface area contributed by atoms with E-state index in [4.69, 9.17) is 4.42 Å². The van der Waals surface area contributed by atoms with E-state index in [1.54, 1.807) is 0 Å². The van der Waals surface area contributed by atoms with Crippen molar-refractivity contribution in [2.75, 3.05) is 16.8 Å². The maximum Gasteiger partial charge on any atom is 0.159 e. The first-order valence-electron chi connectivity index (χ1n) is 13.2. The molecule has 3 heterocycles. The van der Waals surface area contributed by atoms with Crippen LogP contribution in [0.1, 0.15) is 58.1 Å². The van der Waals surface area contributed by atoms with Crippen LogP contribution in [0.25, 0.3) is 21.9 Å². The molecular weight excluding hydrogens is 428 g/mol. The van der Waals surface area contributed by atoms with Crippen LogP contribution in [0.2, 0.25) is 0 Å². The minimum atomic E-state index is -0.128. The van der Waals surface area contributed by atoms with E-state index >= 15 is 0 Å². The number of benzene rings is 3. The topological polar surface area (TPSA) is 19.6 Å². The second-order valence-electron chi connectivity index (χ2n) is 10.6. The molecule has 0 amide bonds. The molecule has 0 aliphatic carbocycles. The van der Waals surface area contributed by atoms with E-state index < -0.39 is 0 Å². The molecule has 1 aromatic heterocycles. The molecule has 0 saturated carbocycles. The maximum atomic E-state index is 6.78. The number of hydrogen-bond acceptors (Lipinski definition) is 3. The van der Waals surface area contributed by atoms with Gasteiger partial charge < -0.3 is 14.2 Å². The zero-order valence-corrected chi connectivity index (χ0v) is 21.7. The highest BCUT2D eigenvalue weighted by atomic mass is 16.3. The molecule has 0 spiro atoms. The fourth-order valence-corrected chi connectivity index (χ4v) is 7.32. The zero-order chi connectivity index (χ0) is 24.5. The maximum absolute atomic E-state index is 6.78. The number of nitrogens with zero attached hydrogens (tertiary/aromatic N) is 2. The normalized spacial score (nSPS) is 25.1. The van der Waals surface area contributed by atoms with Crippen molar-refractivity contribution in [3.63, 3.8) is 0 Å². The number of furan rings is 1. The predicted octanol–water partition coefficient (Wildman–Crippen LogP) is 8.72. The van der Waals surface area contributed by atoms with Crippen molar-refractivity contribution in [1.82, 2.24) is 0 Å². The minimum absolute atomic E-state index is 0.0865. The first-order valence-corrected chi connectivity index (χ1v) is 13.2. The molecule has 0 N–H and O–H groups in total. The first kappa shape index (κ1) is 22.3. The molecular formula is C32H36N2O. The molecule has 4 aromatic rings. The van der Waals surface area contributed by atoms with Gasteiger partial charge in [-0.3, -0.25) is 0 Å². The van der Waals surface area contributed by atoms with Crippen LogP contribution >= 0.6 is 0 Å². The Bertz CT molecular complexity index is 1470. The molecule has 0 bridgehead atoms. The van der Waals surface area contributed by atoms with Gasteiger partial charge in [0, 0.05) is 28.7 Å². The van der Waals surface area contributed by atoms with Crippen molar-refractivity contribution in [3.8, 4) is 0 Å². The molecule has 3 nitrogen and oxygen atoms in total. The Hall–Kier alpha value is -3.20. The molecule has 0 fully saturated rings. The third-order valence-corrected chi connectivity index (χ3v) is 9.33. The van der Waals surface area contributed by atoms with Gasteiger partial charge in [-0.25, -0.2) is 0 Å². The quantitative estimate of drug-likeness (QED) is 0.275. The van der Waals surface area contributed by atoms with E-state index in [1.807, 2.05) is 0 Å². The van der Waals surface area contributed by atoms with E-state index in [2.05, 4.69) is 112 Å². The van der Waals surface area contributed by atoms with Crippen LogP contribution in [-0.2, 0) is 11.8 Å². The van der Waals surface area contributed by atoms with Gasteiger partial charge in [-0.15, -0.1) is 6.58 Å². The zero-order valence-electron chi connectivity index (χ0n) is 21.7. The van der Waals surface area contributed by atoms with Crippen molar-refractivity contribution in [2.45, 2.75) is 65.0 Å². The summed E-state index contributed by atoms with van der Waals surface area (Å²) >= 11 is 0. The SMILES string of the molecule is C=CC1(CC)C2N(C)c3ccccc3N2c2c(ccc3c2oc2cc(CCC)ccc23)C1(C)CC. The average molecular weight is 465 g/mol. The minimum Gasteiger partial charge on any atom is -0.454 e. The average Bonchev–Trinajstić information content (AvgIpc) is 3.40. The van der Waals surface area contributed by atoms with Crippen molar-refractivity contribution in [1.29, 1.82) is 0 Å². The molecule has 3 unspecified atom stereocenters. The Morgan fingerprint density at radius 2 is 1.71 bits per heavy atom. The highest BCUT2D eigenvalue weighted by Gasteiger charge is 2.61. The van der Waals surface area contributed by atoms with E-state index in [9.17, 15) is 0 Å². The van der Waals surface area contributed by atoms with Crippen LogP contribution < -0.4 is 9.80 Å². The number of aryl methyl sites for hydroxylation is 1. The second kappa shape index (κ2) is 7.65. The monoisotopic (exact) mass is 464 g/mol. The number of para-hydroxylation sites is 2. The smallest absolute Gasteiger partial charge is 0.159 e. The largest absolute Gasteiger partial charge is 0.454 e. The number of fused-ring (bicyclic) bond motifs is 9. The lowest BCUT2D eigenvalue weighted by molar-refractivity contribution is 0.129. The van der Waals surface area contributed by atoms with Crippen molar-refractivity contribution in [2.24, 2.45) is 5.41 Å². The van der Waals surface area contributed by atoms with Crippen LogP contribution in [0.3, 0.4) is 0 Å². The Kier molecular flexibility index (Phi) is 4.87. The van der Waals surface area contributed by atoms with E-state index in [1.165, 1.54) is 39.0 Å². The summed E-state index contributed by atoms with van der Waals surface area (Å²) in [6, 6.07) is 20.2. The fourth-order valence-electron chi connectivity index (χ4n) is 7.32. The molecule has 2 aliphatic heterocycles. The fraction of sp³-hybridized carbons (Fsp3) is 0.375. The van der Waals surface area contributed by atoms with E-state index in [0.29, 0.717) is 0 Å². The lowest BCUT2D eigenvalue weighted by Crippen LogP contribution is -2.62. The molecule has 6 rings (SSSR count). The summed E-state index contributed by atoms with van der Waals surface area (Å²) in [6.45, 7) is 13.8. The van der Waals surface area contributed by atoms with Gasteiger partial charge in [0.25, 0.3) is 0 Å². The molecule has 3 atom stereocenters. The third kappa shape index (κ3) is 2.62. The Labute approximate surface area is 209 Å². The Morgan fingerprint density at radius 1 is 0.971 bits per heavy atom. The van der Waals surface area contributed by atoms with Crippen molar-refractivity contribution < 1.29 is 4.42 Å². The molecule has 3 heteroatoms. The van der Waals surface area contributed by atoms with Gasteiger partial charge >= 0.3 is 0 Å². The highest BCUT2D eigenvalue weighted by molar-refractivity contribution is 6.11. The lowest BCUT2D eigenvalue weighted by atomic mass is 9.54.